The topological polar surface area (TPSA) is 668 Å². The van der Waals surface area contributed by atoms with Crippen LogP contribution in [0.1, 0.15) is 186 Å². The van der Waals surface area contributed by atoms with Crippen LogP contribution in [0.2, 0.25) is 0 Å². The van der Waals surface area contributed by atoms with E-state index >= 15 is 0 Å². The minimum Gasteiger partial charge on any atom is -0.478 e. The fraction of sp³-hybridized carbons (Fsp3) is 0.143. The average molecular weight is 1140 g/mol. The zero-order valence-electron chi connectivity index (χ0n) is 38.4. The summed E-state index contributed by atoms with van der Waals surface area (Å²) in [6.07, 6.45) is 0. The Morgan fingerprint density at radius 2 is 0.325 bits per heavy atom. The summed E-state index contributed by atoms with van der Waals surface area (Å²) in [4.78, 5) is 234. The van der Waals surface area contributed by atoms with Gasteiger partial charge in [-0.1, -0.05) is 0 Å². The molecule has 0 spiro atoms. The van der Waals surface area contributed by atoms with Crippen molar-refractivity contribution in [3.05, 3.63) is 100 Å². The van der Waals surface area contributed by atoms with Crippen molar-refractivity contribution in [2.24, 2.45) is 0 Å². The first-order chi connectivity index (χ1) is 37.1. The first-order valence-corrected chi connectivity index (χ1v) is 19.9. The van der Waals surface area contributed by atoms with Gasteiger partial charge in [0.15, 0.2) is 0 Å². The van der Waals surface area contributed by atoms with Gasteiger partial charge in [-0.3, -0.25) is 0 Å². The highest BCUT2D eigenvalue weighted by Gasteiger charge is 2.47. The molecule has 3 rings (SSSR count). The van der Waals surface area contributed by atoms with Crippen LogP contribution in [0, 0.1) is 0 Å². The Morgan fingerprint density at radius 1 is 0.200 bits per heavy atom. The molecular formula is C42H28O38. The lowest BCUT2D eigenvalue weighted by Gasteiger charge is -2.21. The molecular weight excluding hydrogens is 1110 g/mol. The van der Waals surface area contributed by atoms with Crippen molar-refractivity contribution in [2.75, 3.05) is 39.6 Å². The largest absolute Gasteiger partial charge is 0.478 e. The molecule has 0 unspecified atom stereocenters. The number of aliphatic hydroxyl groups excluding tert-OH is 4. The highest BCUT2D eigenvalue weighted by molar-refractivity contribution is 6.29. The van der Waals surface area contributed by atoms with Gasteiger partial charge in [-0.25, -0.2) is 86.3 Å². The lowest BCUT2D eigenvalue weighted by molar-refractivity contribution is 0.0333. The third kappa shape index (κ3) is 12.7. The van der Waals surface area contributed by atoms with Crippen molar-refractivity contribution in [3.63, 3.8) is 0 Å². The van der Waals surface area contributed by atoms with Gasteiger partial charge in [-0.15, -0.1) is 0 Å². The number of carboxylic acid groups (broad SMARTS) is 12. The van der Waals surface area contributed by atoms with E-state index in [9.17, 15) is 158 Å². The summed E-state index contributed by atoms with van der Waals surface area (Å²) >= 11 is 0. The Hall–Kier alpha value is -11.6. The summed E-state index contributed by atoms with van der Waals surface area (Å²) in [5.41, 5.74) is -42.8. The smallest absolute Gasteiger partial charge is 0.347 e. The Balaban J connectivity index is 0.00000528. The van der Waals surface area contributed by atoms with E-state index in [0.29, 0.717) is 0 Å². The van der Waals surface area contributed by atoms with Crippen molar-refractivity contribution < 1.29 is 187 Å². The number of carboxylic acids is 12. The number of hydrogen-bond donors (Lipinski definition) is 16. The minimum absolute atomic E-state index is 0.125. The van der Waals surface area contributed by atoms with Crippen LogP contribution in [0.25, 0.3) is 0 Å². The number of rotatable bonds is 23. The standard InChI is InChI=1S/C40H22O36.C2H6O2/c41-1-3-73-35(67)19-15(33(63)64)16(34(65)66)20(39(71)75-37(69)17-11(29(55)56)7(25(47)48)5(23(43)44)8(26(49)50)12(17)30(57)58)22(21(19)36(68)74-4-2-42)40(72)76-38(70)18-13(31(59)60)9(27(51)52)6(24(45)46)10(28(53)54)14(18)32(61)62;3-1-2-4/h41-42H,1-4H2,(H,43,44)(H,45,46)(H,47,48)(H,49,50)(H,51,52)(H,53,54)(H,55,56)(H,57,58)(H,59,60)(H,61,62)(H,63,64)(H,65,66);3-4H,1-2H2. The number of aromatic carboxylic acids is 12. The van der Waals surface area contributed by atoms with Crippen molar-refractivity contribution >= 4 is 107 Å². The second kappa shape index (κ2) is 26.2. The van der Waals surface area contributed by atoms with Gasteiger partial charge in [0.05, 0.1) is 127 Å². The fourth-order valence-electron chi connectivity index (χ4n) is 6.83. The molecule has 0 amide bonds. The van der Waals surface area contributed by atoms with Crippen LogP contribution >= 0.6 is 0 Å². The molecule has 38 nitrogen and oxygen atoms in total. The molecule has 0 aromatic heterocycles. The second-order valence-corrected chi connectivity index (χ2v) is 13.9. The van der Waals surface area contributed by atoms with Gasteiger partial charge in [0.25, 0.3) is 0 Å². The van der Waals surface area contributed by atoms with Crippen LogP contribution < -0.4 is 0 Å². The number of hydrogen-bond acceptors (Lipinski definition) is 26. The normalized spacial score (nSPS) is 10.3. The third-order valence-electron chi connectivity index (χ3n) is 9.41. The molecule has 16 N–H and O–H groups in total. The molecule has 0 bridgehead atoms. The Kier molecular flexibility index (Phi) is 21.1. The molecule has 38 heteroatoms. The van der Waals surface area contributed by atoms with E-state index in [-0.39, 0.29) is 13.2 Å². The summed E-state index contributed by atoms with van der Waals surface area (Å²) in [5, 5.41) is 153. The molecule has 0 aliphatic carbocycles. The summed E-state index contributed by atoms with van der Waals surface area (Å²) in [6.45, 7) is -5.54. The maximum Gasteiger partial charge on any atom is 0.347 e. The van der Waals surface area contributed by atoms with Crippen LogP contribution in [0.4, 0.5) is 0 Å². The molecule has 0 aliphatic heterocycles. The molecule has 0 radical (unpaired) electrons. The zero-order valence-corrected chi connectivity index (χ0v) is 38.4. The number of carbonyl (C=O) groups excluding carboxylic acids is 6. The highest BCUT2D eigenvalue weighted by atomic mass is 16.6. The maximum absolute atomic E-state index is 14.5. The van der Waals surface area contributed by atoms with Gasteiger partial charge in [0.1, 0.15) is 13.2 Å². The molecule has 0 saturated heterocycles. The summed E-state index contributed by atoms with van der Waals surface area (Å²) in [7, 11) is 0. The van der Waals surface area contributed by atoms with Gasteiger partial charge in [0, 0.05) is 0 Å². The van der Waals surface area contributed by atoms with E-state index in [2.05, 4.69) is 18.9 Å². The SMILES string of the molecule is O=C(O)c1c(C(=O)O)c(C(=O)O)c(C(=O)OC(=O)c2c(C(=O)O)c(C(=O)O)c(C(=O)OCCO)c(C(=O)OCCO)c2C(=O)OC(=O)c2c(C(=O)O)c(C(=O)O)c(C(=O)O)c(C(=O)O)c2C(=O)O)c(C(=O)O)c1C(=O)O.OCCO. The molecule has 0 heterocycles. The van der Waals surface area contributed by atoms with E-state index in [4.69, 9.17) is 10.2 Å². The van der Waals surface area contributed by atoms with E-state index in [0.717, 1.165) is 0 Å². The molecule has 0 saturated carbocycles. The zero-order chi connectivity index (χ0) is 61.9. The van der Waals surface area contributed by atoms with E-state index in [1.165, 1.54) is 0 Å². The number of esters is 6. The molecule has 80 heavy (non-hydrogen) atoms. The first-order valence-electron chi connectivity index (χ1n) is 19.9. The summed E-state index contributed by atoms with van der Waals surface area (Å²) in [5.74, 6) is -51.6. The first kappa shape index (κ1) is 64.5. The van der Waals surface area contributed by atoms with Gasteiger partial charge < -0.3 is 101 Å². The maximum atomic E-state index is 14.5. The highest BCUT2D eigenvalue weighted by Crippen LogP contribution is 2.36. The van der Waals surface area contributed by atoms with Gasteiger partial charge in [-0.05, 0) is 0 Å². The van der Waals surface area contributed by atoms with Crippen LogP contribution in [0.3, 0.4) is 0 Å². The van der Waals surface area contributed by atoms with Crippen molar-refractivity contribution in [2.45, 2.75) is 0 Å². The second-order valence-electron chi connectivity index (χ2n) is 13.9. The quantitative estimate of drug-likeness (QED) is 0.0261. The van der Waals surface area contributed by atoms with Gasteiger partial charge in [-0.2, -0.15) is 0 Å². The lowest BCUT2D eigenvalue weighted by atomic mass is 9.85. The van der Waals surface area contributed by atoms with Gasteiger partial charge in [0.2, 0.25) is 0 Å². The van der Waals surface area contributed by atoms with E-state index in [1.807, 2.05) is 0 Å². The number of aliphatic hydroxyl groups is 4. The fourth-order valence-corrected chi connectivity index (χ4v) is 6.83. The summed E-state index contributed by atoms with van der Waals surface area (Å²) in [6, 6.07) is 0. The predicted molar refractivity (Wildman–Crippen MR) is 231 cm³/mol. The molecule has 0 atom stereocenters. The molecule has 3 aromatic rings. The van der Waals surface area contributed by atoms with Crippen LogP contribution in [0.5, 0.6) is 0 Å². The Labute approximate surface area is 433 Å². The minimum atomic E-state index is -3.18. The number of carbonyl (C=O) groups is 18. The predicted octanol–water partition coefficient (Wildman–Crippen LogP) is -2.67. The van der Waals surface area contributed by atoms with Gasteiger partial charge >= 0.3 is 107 Å². The van der Waals surface area contributed by atoms with E-state index in [1.54, 1.807) is 0 Å². The van der Waals surface area contributed by atoms with Crippen LogP contribution in [-0.4, -0.2) is 229 Å². The lowest BCUT2D eigenvalue weighted by Crippen LogP contribution is -2.33. The Morgan fingerprint density at radius 3 is 0.475 bits per heavy atom. The van der Waals surface area contributed by atoms with Crippen molar-refractivity contribution in [1.82, 2.24) is 0 Å². The molecule has 0 fully saturated rings. The summed E-state index contributed by atoms with van der Waals surface area (Å²) < 4.78 is 17.7. The molecule has 424 valence electrons. The third-order valence-corrected chi connectivity index (χ3v) is 9.41. The number of benzene rings is 3. The Bertz CT molecular complexity index is 3240. The van der Waals surface area contributed by atoms with Crippen molar-refractivity contribution in [3.8, 4) is 0 Å². The molecule has 0 aliphatic rings. The number of ether oxygens (including phenoxy) is 4. The van der Waals surface area contributed by atoms with E-state index < -0.39 is 234 Å². The van der Waals surface area contributed by atoms with Crippen LogP contribution in [-0.2, 0) is 18.9 Å². The average Bonchev–Trinajstić information content (AvgIpc) is 3.35. The van der Waals surface area contributed by atoms with Crippen LogP contribution in [0.15, 0.2) is 0 Å². The molecule has 3 aromatic carbocycles. The van der Waals surface area contributed by atoms with Crippen molar-refractivity contribution in [1.29, 1.82) is 0 Å². The monoisotopic (exact) mass is 1140 g/mol.